The Labute approximate surface area is 49.7 Å². The molecule has 0 aromatic heterocycles. The van der Waals surface area contributed by atoms with Gasteiger partial charge in [0.1, 0.15) is 0 Å². The zero-order chi connectivity index (χ0) is 6.62. The van der Waals surface area contributed by atoms with Gasteiger partial charge in [0, 0.05) is 7.11 Å². The van der Waals surface area contributed by atoms with E-state index in [0.717, 1.165) is 0 Å². The monoisotopic (exact) mass is 119 g/mol. The van der Waals surface area contributed by atoms with E-state index in [-0.39, 0.29) is 5.60 Å². The van der Waals surface area contributed by atoms with Gasteiger partial charge in [-0.2, -0.15) is 0 Å². The molecule has 0 rings (SSSR count). The third-order valence-electron chi connectivity index (χ3n) is 0.984. The van der Waals surface area contributed by atoms with E-state index in [0.29, 0.717) is 6.61 Å². The Morgan fingerprint density at radius 3 is 2.12 bits per heavy atom. The van der Waals surface area contributed by atoms with Crippen LogP contribution < -0.4 is 5.90 Å². The van der Waals surface area contributed by atoms with Crippen LogP contribution in [0.15, 0.2) is 0 Å². The summed E-state index contributed by atoms with van der Waals surface area (Å²) >= 11 is 0. The molecule has 2 N–H and O–H groups in total. The maximum atomic E-state index is 4.97. The van der Waals surface area contributed by atoms with E-state index in [1.54, 1.807) is 7.11 Å². The lowest BCUT2D eigenvalue weighted by atomic mass is 10.2. The van der Waals surface area contributed by atoms with Crippen molar-refractivity contribution in [3.63, 3.8) is 0 Å². The van der Waals surface area contributed by atoms with Crippen LogP contribution in [0.5, 0.6) is 0 Å². The normalized spacial score (nSPS) is 12.0. The van der Waals surface area contributed by atoms with Gasteiger partial charge in [0.25, 0.3) is 0 Å². The van der Waals surface area contributed by atoms with Crippen LogP contribution in [0, 0.1) is 0 Å². The van der Waals surface area contributed by atoms with Gasteiger partial charge in [-0.15, -0.1) is 0 Å². The lowest BCUT2D eigenvalue weighted by Gasteiger charge is -2.20. The molecule has 3 nitrogen and oxygen atoms in total. The first-order chi connectivity index (χ1) is 3.62. The van der Waals surface area contributed by atoms with Crippen molar-refractivity contribution in [2.75, 3.05) is 13.7 Å². The quantitative estimate of drug-likeness (QED) is 0.543. The van der Waals surface area contributed by atoms with E-state index >= 15 is 0 Å². The molecule has 0 aliphatic rings. The van der Waals surface area contributed by atoms with Gasteiger partial charge in [0.2, 0.25) is 0 Å². The Morgan fingerprint density at radius 2 is 2.00 bits per heavy atom. The average Bonchev–Trinajstić information content (AvgIpc) is 1.67. The Balaban J connectivity index is 3.37. The summed E-state index contributed by atoms with van der Waals surface area (Å²) in [4.78, 5) is 4.37. The van der Waals surface area contributed by atoms with Gasteiger partial charge in [-0.3, -0.25) is 0 Å². The van der Waals surface area contributed by atoms with Crippen LogP contribution in [-0.2, 0) is 9.57 Å². The first kappa shape index (κ1) is 7.88. The molecule has 0 aliphatic carbocycles. The number of hydrogen-bond acceptors (Lipinski definition) is 3. The summed E-state index contributed by atoms with van der Waals surface area (Å²) in [5.74, 6) is 4.81. The minimum atomic E-state index is -0.255. The zero-order valence-corrected chi connectivity index (χ0v) is 5.60. The summed E-state index contributed by atoms with van der Waals surface area (Å²) in [6.45, 7) is 4.23. The lowest BCUT2D eigenvalue weighted by Crippen LogP contribution is -2.30. The molecule has 0 aromatic rings. The van der Waals surface area contributed by atoms with Gasteiger partial charge in [0.05, 0.1) is 12.2 Å². The predicted octanol–water partition coefficient (Wildman–Crippen LogP) is 0.302. The molecule has 0 unspecified atom stereocenters. The number of methoxy groups -OCH3 is 1. The van der Waals surface area contributed by atoms with Crippen molar-refractivity contribution >= 4 is 0 Å². The van der Waals surface area contributed by atoms with Crippen LogP contribution in [0.1, 0.15) is 13.8 Å². The van der Waals surface area contributed by atoms with Gasteiger partial charge in [0.15, 0.2) is 0 Å². The van der Waals surface area contributed by atoms with Gasteiger partial charge >= 0.3 is 0 Å². The predicted molar refractivity (Wildman–Crippen MR) is 31.2 cm³/mol. The number of rotatable bonds is 3. The van der Waals surface area contributed by atoms with Crippen molar-refractivity contribution in [2.45, 2.75) is 19.4 Å². The molecule has 0 amide bonds. The average molecular weight is 119 g/mol. The number of nitrogens with two attached hydrogens (primary N) is 1. The summed E-state index contributed by atoms with van der Waals surface area (Å²) in [5.41, 5.74) is -0.255. The van der Waals surface area contributed by atoms with E-state index in [2.05, 4.69) is 4.84 Å². The van der Waals surface area contributed by atoms with Crippen molar-refractivity contribution in [3.8, 4) is 0 Å². The number of hydrogen-bond donors (Lipinski definition) is 1. The molecule has 0 saturated carbocycles. The largest absolute Gasteiger partial charge is 0.376 e. The molecule has 0 fully saturated rings. The highest BCUT2D eigenvalue weighted by Gasteiger charge is 2.14. The molecular formula is C5H13NO2. The van der Waals surface area contributed by atoms with Crippen LogP contribution >= 0.6 is 0 Å². The minimum Gasteiger partial charge on any atom is -0.376 e. The molecule has 0 aliphatic heterocycles. The SMILES string of the molecule is COC(C)(C)CON. The second-order valence-electron chi connectivity index (χ2n) is 2.27. The first-order valence-electron chi connectivity index (χ1n) is 2.49. The molecule has 0 saturated heterocycles. The molecule has 0 bridgehead atoms. The lowest BCUT2D eigenvalue weighted by molar-refractivity contribution is -0.0515. The van der Waals surface area contributed by atoms with Crippen molar-refractivity contribution in [1.82, 2.24) is 0 Å². The molecule has 0 radical (unpaired) electrons. The molecule has 3 heteroatoms. The van der Waals surface area contributed by atoms with Crippen LogP contribution in [0.3, 0.4) is 0 Å². The molecule has 0 atom stereocenters. The Bertz CT molecular complexity index is 63.4. The highest BCUT2D eigenvalue weighted by molar-refractivity contribution is 4.64. The summed E-state index contributed by atoms with van der Waals surface area (Å²) in [6.07, 6.45) is 0. The van der Waals surface area contributed by atoms with E-state index in [9.17, 15) is 0 Å². The van der Waals surface area contributed by atoms with Gasteiger partial charge in [-0.25, -0.2) is 5.90 Å². The Morgan fingerprint density at radius 1 is 1.50 bits per heavy atom. The van der Waals surface area contributed by atoms with Gasteiger partial charge in [-0.1, -0.05) is 0 Å². The molecule has 50 valence electrons. The number of ether oxygens (including phenoxy) is 1. The maximum Gasteiger partial charge on any atom is 0.0963 e. The van der Waals surface area contributed by atoms with Crippen LogP contribution in [0.2, 0.25) is 0 Å². The molecule has 0 spiro atoms. The third kappa shape index (κ3) is 2.96. The summed E-state index contributed by atoms with van der Waals surface area (Å²) < 4.78 is 4.97. The molecule has 0 heterocycles. The standard InChI is InChI=1S/C5H13NO2/c1-5(2,7-3)4-8-6/h4,6H2,1-3H3. The maximum absolute atomic E-state index is 4.97. The topological polar surface area (TPSA) is 44.5 Å². The van der Waals surface area contributed by atoms with Gasteiger partial charge < -0.3 is 9.57 Å². The molecule has 0 aromatic carbocycles. The second kappa shape index (κ2) is 3.02. The van der Waals surface area contributed by atoms with Crippen molar-refractivity contribution in [1.29, 1.82) is 0 Å². The van der Waals surface area contributed by atoms with Gasteiger partial charge in [-0.05, 0) is 13.8 Å². The van der Waals surface area contributed by atoms with E-state index in [1.807, 2.05) is 13.8 Å². The highest BCUT2D eigenvalue weighted by Crippen LogP contribution is 2.05. The fourth-order valence-electron chi connectivity index (χ4n) is 0.260. The van der Waals surface area contributed by atoms with Crippen molar-refractivity contribution in [3.05, 3.63) is 0 Å². The minimum absolute atomic E-state index is 0.255. The summed E-state index contributed by atoms with van der Waals surface area (Å²) in [6, 6.07) is 0. The summed E-state index contributed by atoms with van der Waals surface area (Å²) in [5, 5.41) is 0. The highest BCUT2D eigenvalue weighted by atomic mass is 16.6. The Hall–Kier alpha value is -0.120. The second-order valence-corrected chi connectivity index (χ2v) is 2.27. The smallest absolute Gasteiger partial charge is 0.0963 e. The fraction of sp³-hybridized carbons (Fsp3) is 1.00. The van der Waals surface area contributed by atoms with Crippen LogP contribution in [0.4, 0.5) is 0 Å². The molecular weight excluding hydrogens is 106 g/mol. The van der Waals surface area contributed by atoms with Crippen LogP contribution in [0.25, 0.3) is 0 Å². The zero-order valence-electron chi connectivity index (χ0n) is 5.60. The molecule has 8 heavy (non-hydrogen) atoms. The third-order valence-corrected chi connectivity index (χ3v) is 0.984. The van der Waals surface area contributed by atoms with E-state index in [4.69, 9.17) is 10.6 Å². The van der Waals surface area contributed by atoms with Crippen molar-refractivity contribution < 1.29 is 9.57 Å². The fourth-order valence-corrected chi connectivity index (χ4v) is 0.260. The van der Waals surface area contributed by atoms with E-state index < -0.39 is 0 Å². The summed E-state index contributed by atoms with van der Waals surface area (Å²) in [7, 11) is 1.62. The van der Waals surface area contributed by atoms with E-state index in [1.165, 1.54) is 0 Å². The first-order valence-corrected chi connectivity index (χ1v) is 2.49. The van der Waals surface area contributed by atoms with Crippen LogP contribution in [-0.4, -0.2) is 19.3 Å². The van der Waals surface area contributed by atoms with Crippen molar-refractivity contribution in [2.24, 2.45) is 5.90 Å². The Kier molecular flexibility index (Phi) is 2.97.